The van der Waals surface area contributed by atoms with Crippen LogP contribution < -0.4 is 5.32 Å². The molecule has 2 amide bonds. The van der Waals surface area contributed by atoms with Gasteiger partial charge < -0.3 is 10.2 Å². The van der Waals surface area contributed by atoms with Crippen LogP contribution in [0.15, 0.2) is 48.5 Å². The molecule has 1 aliphatic rings. The summed E-state index contributed by atoms with van der Waals surface area (Å²) in [5, 5.41) is 3.66. The zero-order valence-corrected chi connectivity index (χ0v) is 16.3. The maximum absolute atomic E-state index is 12.4. The van der Waals surface area contributed by atoms with Gasteiger partial charge in [0.05, 0.1) is 5.92 Å². The first-order valence-electron chi connectivity index (χ1n) is 9.37. The molecule has 0 saturated carbocycles. The summed E-state index contributed by atoms with van der Waals surface area (Å²) in [6.45, 7) is 3.80. The Morgan fingerprint density at radius 2 is 1.70 bits per heavy atom. The average molecular weight is 385 g/mol. The molecule has 0 spiro atoms. The molecule has 1 saturated heterocycles. The van der Waals surface area contributed by atoms with E-state index in [0.717, 1.165) is 18.4 Å². The topological polar surface area (TPSA) is 49.4 Å². The molecule has 0 radical (unpaired) electrons. The Kier molecular flexibility index (Phi) is 6.51. The Bertz CT molecular complexity index is 787. The van der Waals surface area contributed by atoms with E-state index in [9.17, 15) is 9.59 Å². The van der Waals surface area contributed by atoms with Crippen molar-refractivity contribution >= 4 is 23.4 Å². The Hall–Kier alpha value is -2.33. The van der Waals surface area contributed by atoms with E-state index in [1.54, 1.807) is 0 Å². The summed E-state index contributed by atoms with van der Waals surface area (Å²) in [7, 11) is 0. The number of benzene rings is 2. The summed E-state index contributed by atoms with van der Waals surface area (Å²) in [5.41, 5.74) is 3.57. The van der Waals surface area contributed by atoms with Gasteiger partial charge in [-0.3, -0.25) is 9.59 Å². The third-order valence-corrected chi connectivity index (χ3v) is 5.25. The highest BCUT2D eigenvalue weighted by atomic mass is 35.5. The highest BCUT2D eigenvalue weighted by Gasteiger charge is 2.33. The van der Waals surface area contributed by atoms with Gasteiger partial charge in [0, 0.05) is 31.1 Å². The van der Waals surface area contributed by atoms with E-state index in [2.05, 4.69) is 36.5 Å². The molecule has 1 heterocycles. The first-order valence-corrected chi connectivity index (χ1v) is 9.74. The fourth-order valence-corrected chi connectivity index (χ4v) is 3.43. The van der Waals surface area contributed by atoms with Crippen molar-refractivity contribution in [2.24, 2.45) is 5.92 Å². The number of nitrogens with one attached hydrogen (secondary N) is 1. The lowest BCUT2D eigenvalue weighted by Crippen LogP contribution is -2.34. The summed E-state index contributed by atoms with van der Waals surface area (Å²) < 4.78 is 0. The molecule has 27 heavy (non-hydrogen) atoms. The molecular weight excluding hydrogens is 360 g/mol. The molecule has 0 bridgehead atoms. The smallest absolute Gasteiger partial charge is 0.225 e. The molecule has 5 heteroatoms. The van der Waals surface area contributed by atoms with Crippen LogP contribution in [0.25, 0.3) is 0 Å². The molecule has 0 aliphatic carbocycles. The minimum atomic E-state index is -0.249. The number of likely N-dealkylation sites (tertiary alicyclic amines) is 1. The molecule has 1 atom stereocenters. The third-order valence-electron chi connectivity index (χ3n) is 5.00. The molecule has 1 aliphatic heterocycles. The highest BCUT2D eigenvalue weighted by molar-refractivity contribution is 6.30. The second kappa shape index (κ2) is 9.05. The van der Waals surface area contributed by atoms with Crippen LogP contribution in [0.4, 0.5) is 0 Å². The second-order valence-corrected chi connectivity index (χ2v) is 7.58. The molecule has 0 unspecified atom stereocenters. The Balaban J connectivity index is 1.42. The zero-order chi connectivity index (χ0) is 19.2. The number of nitrogens with zero attached hydrogens (tertiary/aromatic N) is 1. The molecule has 2 aromatic rings. The van der Waals surface area contributed by atoms with Crippen molar-refractivity contribution < 1.29 is 9.59 Å². The van der Waals surface area contributed by atoms with Crippen molar-refractivity contribution in [3.63, 3.8) is 0 Å². The Morgan fingerprint density at radius 1 is 1.07 bits per heavy atom. The average Bonchev–Trinajstić information content (AvgIpc) is 3.04. The van der Waals surface area contributed by atoms with E-state index < -0.39 is 0 Å². The van der Waals surface area contributed by atoms with Crippen LogP contribution in [-0.4, -0.2) is 36.3 Å². The number of aryl methyl sites for hydroxylation is 1. The quantitative estimate of drug-likeness (QED) is 0.795. The summed E-state index contributed by atoms with van der Waals surface area (Å²) >= 11 is 5.87. The highest BCUT2D eigenvalue weighted by Crippen LogP contribution is 2.19. The first-order chi connectivity index (χ1) is 13.0. The summed E-state index contributed by atoms with van der Waals surface area (Å²) in [5.74, 6) is -0.212. The van der Waals surface area contributed by atoms with Crippen molar-refractivity contribution in [1.29, 1.82) is 0 Å². The lowest BCUT2D eigenvalue weighted by atomic mass is 10.1. The van der Waals surface area contributed by atoms with Gasteiger partial charge in [0.1, 0.15) is 0 Å². The van der Waals surface area contributed by atoms with Gasteiger partial charge in [-0.25, -0.2) is 0 Å². The fourth-order valence-electron chi connectivity index (χ4n) is 3.31. The Labute approximate surface area is 165 Å². The standard InChI is InChI=1S/C22H25ClN2O2/c1-16-2-4-18(5-3-16)11-13-25-15-19(14-21(25)26)22(27)24-12-10-17-6-8-20(23)9-7-17/h2-9,19H,10-15H2,1H3,(H,24,27)/t19-/m0/s1. The van der Waals surface area contributed by atoms with Crippen LogP contribution in [0.2, 0.25) is 5.02 Å². The third kappa shape index (κ3) is 5.57. The number of hydrogen-bond acceptors (Lipinski definition) is 2. The van der Waals surface area contributed by atoms with Crippen molar-refractivity contribution in [2.75, 3.05) is 19.6 Å². The zero-order valence-electron chi connectivity index (χ0n) is 15.6. The Morgan fingerprint density at radius 3 is 2.41 bits per heavy atom. The predicted octanol–water partition coefficient (Wildman–Crippen LogP) is 3.40. The number of halogens is 1. The summed E-state index contributed by atoms with van der Waals surface area (Å²) in [6, 6.07) is 16.0. The minimum Gasteiger partial charge on any atom is -0.355 e. The van der Waals surface area contributed by atoms with Crippen LogP contribution >= 0.6 is 11.6 Å². The largest absolute Gasteiger partial charge is 0.355 e. The van der Waals surface area contributed by atoms with E-state index in [0.29, 0.717) is 31.1 Å². The van der Waals surface area contributed by atoms with Gasteiger partial charge >= 0.3 is 0 Å². The molecule has 142 valence electrons. The van der Waals surface area contributed by atoms with Gasteiger partial charge in [0.15, 0.2) is 0 Å². The minimum absolute atomic E-state index is 0.0323. The lowest BCUT2D eigenvalue weighted by molar-refractivity contribution is -0.129. The number of hydrogen-bond donors (Lipinski definition) is 1. The lowest BCUT2D eigenvalue weighted by Gasteiger charge is -2.16. The molecule has 0 aromatic heterocycles. The summed E-state index contributed by atoms with van der Waals surface area (Å²) in [4.78, 5) is 26.4. The molecule has 1 fully saturated rings. The van der Waals surface area contributed by atoms with E-state index in [4.69, 9.17) is 11.6 Å². The number of carbonyl (C=O) groups excluding carboxylic acids is 2. The SMILES string of the molecule is Cc1ccc(CCN2C[C@@H](C(=O)NCCc3ccc(Cl)cc3)CC2=O)cc1. The van der Waals surface area contributed by atoms with Crippen LogP contribution in [0, 0.1) is 12.8 Å². The molecule has 4 nitrogen and oxygen atoms in total. The second-order valence-electron chi connectivity index (χ2n) is 7.14. The van der Waals surface area contributed by atoms with E-state index in [1.807, 2.05) is 29.2 Å². The van der Waals surface area contributed by atoms with Gasteiger partial charge in [-0.2, -0.15) is 0 Å². The van der Waals surface area contributed by atoms with Crippen LogP contribution in [-0.2, 0) is 22.4 Å². The van der Waals surface area contributed by atoms with Crippen LogP contribution in [0.5, 0.6) is 0 Å². The molecule has 2 aromatic carbocycles. The fraction of sp³-hybridized carbons (Fsp3) is 0.364. The van der Waals surface area contributed by atoms with Gasteiger partial charge in [0.25, 0.3) is 0 Å². The van der Waals surface area contributed by atoms with Crippen molar-refractivity contribution in [1.82, 2.24) is 10.2 Å². The maximum Gasteiger partial charge on any atom is 0.225 e. The van der Waals surface area contributed by atoms with Gasteiger partial charge in [-0.05, 0) is 43.0 Å². The van der Waals surface area contributed by atoms with Gasteiger partial charge in [0.2, 0.25) is 11.8 Å². The molecule has 3 rings (SSSR count). The number of rotatable bonds is 7. The number of carbonyl (C=O) groups is 2. The van der Waals surface area contributed by atoms with Gasteiger partial charge in [-0.15, -0.1) is 0 Å². The van der Waals surface area contributed by atoms with Crippen molar-refractivity contribution in [3.05, 3.63) is 70.2 Å². The van der Waals surface area contributed by atoms with E-state index >= 15 is 0 Å². The van der Waals surface area contributed by atoms with Crippen molar-refractivity contribution in [3.8, 4) is 0 Å². The number of amides is 2. The van der Waals surface area contributed by atoms with Gasteiger partial charge in [-0.1, -0.05) is 53.6 Å². The predicted molar refractivity (Wildman–Crippen MR) is 108 cm³/mol. The summed E-state index contributed by atoms with van der Waals surface area (Å²) in [6.07, 6.45) is 1.87. The first kappa shape index (κ1) is 19.4. The maximum atomic E-state index is 12.4. The van der Waals surface area contributed by atoms with E-state index in [-0.39, 0.29) is 17.7 Å². The normalized spacial score (nSPS) is 16.6. The van der Waals surface area contributed by atoms with E-state index in [1.165, 1.54) is 11.1 Å². The van der Waals surface area contributed by atoms with Crippen LogP contribution in [0.3, 0.4) is 0 Å². The monoisotopic (exact) mass is 384 g/mol. The van der Waals surface area contributed by atoms with Crippen molar-refractivity contribution in [2.45, 2.75) is 26.2 Å². The molecule has 1 N–H and O–H groups in total. The molecular formula is C22H25ClN2O2. The van der Waals surface area contributed by atoms with Crippen LogP contribution in [0.1, 0.15) is 23.1 Å².